The Hall–Kier alpha value is -2.26. The van der Waals surface area contributed by atoms with Gasteiger partial charge in [-0.1, -0.05) is 90.0 Å². The van der Waals surface area contributed by atoms with Gasteiger partial charge < -0.3 is 34.1 Å². The molecule has 12 nitrogen and oxygen atoms in total. The van der Waals surface area contributed by atoms with Crippen LogP contribution in [0.1, 0.15) is 153 Å². The van der Waals surface area contributed by atoms with E-state index in [1.165, 1.54) is 76.0 Å². The summed E-state index contributed by atoms with van der Waals surface area (Å²) in [6, 6.07) is 1.94. The monoisotopic (exact) mass is 1070 g/mol. The van der Waals surface area contributed by atoms with Crippen molar-refractivity contribution in [2.45, 2.75) is 166 Å². The number of aryl methyl sites for hydroxylation is 1. The van der Waals surface area contributed by atoms with Crippen molar-refractivity contribution in [2.75, 3.05) is 40.1 Å². The molecule has 1 radical (unpaired) electrons. The number of nitriles is 1. The number of hydrogen-bond acceptors (Lipinski definition) is 12. The summed E-state index contributed by atoms with van der Waals surface area (Å²) in [5.41, 5.74) is 6.26. The molecule has 61 heavy (non-hydrogen) atoms. The van der Waals surface area contributed by atoms with Crippen molar-refractivity contribution in [2.24, 2.45) is 0 Å². The number of thioether (sulfide) groups is 1. The SMILES string of the molecule is CCCCCCCCCCCCCCCC(=O)N[C@H]1CS[C@@H]2c3c(O)c(C)c4c(c3[C@@H](COC1=O)N1C2[C@H]2c3c(cc(C)c(C)c3OCOC)C[C@H]([C@@H]1C#N)N2C)OCO4.[Ac]. The van der Waals surface area contributed by atoms with Crippen molar-refractivity contribution in [3.05, 3.63) is 45.0 Å². The second-order valence-electron chi connectivity index (χ2n) is 17.5. The number of nitrogens with one attached hydrogen (secondary N) is 1. The molecular weight excluding hydrogens is 1010 g/mol. The number of carbonyl (C=O) groups excluding carboxylic acids is 2. The Bertz CT molecular complexity index is 1930. The summed E-state index contributed by atoms with van der Waals surface area (Å²) in [6.45, 7) is 8.21. The summed E-state index contributed by atoms with van der Waals surface area (Å²) in [5, 5.41) is 25.9. The fraction of sp³-hybridized carbons (Fsp3) is 0.681. The van der Waals surface area contributed by atoms with Crippen molar-refractivity contribution in [3.8, 4) is 29.1 Å². The molecule has 1 amide bonds. The molecule has 4 bridgehead atoms. The minimum atomic E-state index is -0.886. The molecule has 0 aliphatic carbocycles. The molecule has 2 fully saturated rings. The topological polar surface area (TPSA) is 143 Å². The zero-order chi connectivity index (χ0) is 42.5. The van der Waals surface area contributed by atoms with E-state index in [0.717, 1.165) is 47.3 Å². The van der Waals surface area contributed by atoms with Crippen LogP contribution in [0, 0.1) is 76.2 Å². The molecule has 2 saturated heterocycles. The number of amides is 1. The van der Waals surface area contributed by atoms with Crippen LogP contribution in [0.15, 0.2) is 6.07 Å². The van der Waals surface area contributed by atoms with Crippen molar-refractivity contribution >= 4 is 23.6 Å². The molecule has 7 atom stereocenters. The van der Waals surface area contributed by atoms with E-state index in [-0.39, 0.29) is 99.8 Å². The van der Waals surface area contributed by atoms with Gasteiger partial charge in [-0.2, -0.15) is 5.26 Å². The number of likely N-dealkylation sites (N-methyl/N-ethyl adjacent to an activating group) is 1. The second-order valence-corrected chi connectivity index (χ2v) is 18.7. The predicted molar refractivity (Wildman–Crippen MR) is 232 cm³/mol. The number of ether oxygens (including phenoxy) is 5. The standard InChI is InChI=1S/C47H66N4O8S.Ac/c1-7-8-9-10-11-12-13-14-15-16-17-18-19-20-36(52)49-32-25-60-46-39-38(45-44(58-27-59-45)30(4)42(39)53)35(24-56-47(32)54)51-34(23-48)33-22-31-21-28(2)29(3)43(57-26-55-6)37(31)40(41(46)51)50(33)5;/h21,32-35,40-41,46,53H,7-20,22,24-27H2,1-6H3,(H,49,52);/t32-,33+,34-,35+,40+,41?,46+;/m0./s1. The number of unbranched alkanes of at least 4 members (excludes halogenated alkanes) is 12. The Morgan fingerprint density at radius 1 is 0.951 bits per heavy atom. The van der Waals surface area contributed by atoms with Gasteiger partial charge in [0.25, 0.3) is 0 Å². The number of nitrogens with zero attached hydrogens (tertiary/aromatic N) is 3. The van der Waals surface area contributed by atoms with Gasteiger partial charge in [0, 0.05) is 97.7 Å². The first-order valence-corrected chi connectivity index (χ1v) is 23.5. The van der Waals surface area contributed by atoms with Gasteiger partial charge >= 0.3 is 5.97 Å². The smallest absolute Gasteiger partial charge is 0.329 e. The first kappa shape index (κ1) is 48.2. The van der Waals surface area contributed by atoms with E-state index in [0.29, 0.717) is 41.0 Å². The molecule has 2 aromatic carbocycles. The summed E-state index contributed by atoms with van der Waals surface area (Å²) in [4.78, 5) is 31.9. The fourth-order valence-corrected chi connectivity index (χ4v) is 12.0. The third-order valence-corrected chi connectivity index (χ3v) is 15.1. The van der Waals surface area contributed by atoms with Crippen LogP contribution in [0.3, 0.4) is 0 Å². The Labute approximate surface area is 403 Å². The summed E-state index contributed by atoms with van der Waals surface area (Å²) in [7, 11) is 3.69. The largest absolute Gasteiger partial charge is 0.507 e. The minimum absolute atomic E-state index is 0. The molecule has 6 aliphatic heterocycles. The average molecular weight is 1070 g/mol. The number of phenols is 1. The number of carbonyl (C=O) groups is 2. The number of piperazine rings is 1. The van der Waals surface area contributed by atoms with Gasteiger partial charge in [-0.3, -0.25) is 14.6 Å². The Kier molecular flexibility index (Phi) is 17.5. The van der Waals surface area contributed by atoms with Crippen LogP contribution in [-0.4, -0.2) is 91.1 Å². The van der Waals surface area contributed by atoms with Crippen LogP contribution < -0.4 is 19.5 Å². The number of aromatic hydroxyl groups is 1. The van der Waals surface area contributed by atoms with E-state index >= 15 is 0 Å². The zero-order valence-electron chi connectivity index (χ0n) is 37.2. The maximum absolute atomic E-state index is 14.0. The van der Waals surface area contributed by atoms with Crippen LogP contribution in [0.5, 0.6) is 23.0 Å². The first-order valence-electron chi connectivity index (χ1n) is 22.5. The summed E-state index contributed by atoms with van der Waals surface area (Å²) >= 11 is 1.51. The van der Waals surface area contributed by atoms with E-state index < -0.39 is 29.3 Å². The minimum Gasteiger partial charge on any atom is -0.507 e. The van der Waals surface area contributed by atoms with Crippen molar-refractivity contribution in [3.63, 3.8) is 0 Å². The van der Waals surface area contributed by atoms with Gasteiger partial charge in [-0.05, 0) is 57.4 Å². The number of benzene rings is 2. The molecule has 0 saturated carbocycles. The Balaban J connectivity index is 0.00000622. The van der Waals surface area contributed by atoms with Gasteiger partial charge in [0.15, 0.2) is 18.3 Å². The van der Waals surface area contributed by atoms with Crippen LogP contribution in [0.2, 0.25) is 0 Å². The van der Waals surface area contributed by atoms with Gasteiger partial charge in [0.1, 0.15) is 30.2 Å². The maximum atomic E-state index is 14.0. The molecule has 8 rings (SSSR count). The van der Waals surface area contributed by atoms with Crippen LogP contribution in [-0.2, 0) is 25.5 Å². The van der Waals surface area contributed by atoms with E-state index in [1.807, 2.05) is 6.92 Å². The second kappa shape index (κ2) is 22.1. The summed E-state index contributed by atoms with van der Waals surface area (Å²) < 4.78 is 30.1. The number of hydrogen-bond donors (Lipinski definition) is 2. The maximum Gasteiger partial charge on any atom is 0.329 e. The number of fused-ring (bicyclic) bond motifs is 10. The number of rotatable bonds is 18. The van der Waals surface area contributed by atoms with E-state index in [9.17, 15) is 20.0 Å². The van der Waals surface area contributed by atoms with Crippen molar-refractivity contribution < 1.29 is 82.4 Å². The Morgan fingerprint density at radius 3 is 2.26 bits per heavy atom. The van der Waals surface area contributed by atoms with Gasteiger partial charge in [-0.25, -0.2) is 4.79 Å². The molecule has 0 aromatic heterocycles. The quantitative estimate of drug-likeness (QED) is 0.0840. The molecule has 6 heterocycles. The summed E-state index contributed by atoms with van der Waals surface area (Å²) in [5.74, 6) is 1.40. The molecule has 0 spiro atoms. The molecule has 331 valence electrons. The van der Waals surface area contributed by atoms with Crippen molar-refractivity contribution in [1.82, 2.24) is 15.1 Å². The molecule has 2 aromatic rings. The molecule has 6 aliphatic rings. The number of methoxy groups -OCH3 is 1. The Morgan fingerprint density at radius 2 is 1.61 bits per heavy atom. The van der Waals surface area contributed by atoms with Gasteiger partial charge in [0.05, 0.1) is 23.4 Å². The fourth-order valence-electron chi connectivity index (χ4n) is 10.5. The molecule has 1 unspecified atom stereocenters. The predicted octanol–water partition coefficient (Wildman–Crippen LogP) is 8.55. The zero-order valence-corrected chi connectivity index (χ0v) is 42.7. The normalized spacial score (nSPS) is 25.1. The van der Waals surface area contributed by atoms with Gasteiger partial charge in [-0.15, -0.1) is 11.8 Å². The van der Waals surface area contributed by atoms with E-state index in [2.05, 4.69) is 55.1 Å². The van der Waals surface area contributed by atoms with Crippen LogP contribution in [0.25, 0.3) is 0 Å². The van der Waals surface area contributed by atoms with Gasteiger partial charge in [0.2, 0.25) is 12.7 Å². The summed E-state index contributed by atoms with van der Waals surface area (Å²) in [6.07, 6.45) is 16.9. The van der Waals surface area contributed by atoms with Crippen LogP contribution in [0.4, 0.5) is 0 Å². The third kappa shape index (κ3) is 9.88. The third-order valence-electron chi connectivity index (χ3n) is 13.7. The average Bonchev–Trinajstić information content (AvgIpc) is 3.73. The number of phenolic OH excluding ortho intramolecular Hbond substituents is 1. The van der Waals surface area contributed by atoms with Crippen LogP contribution >= 0.6 is 11.8 Å². The molecule has 2 N–H and O–H groups in total. The molecular formula is C47H66AcN4O8S. The van der Waals surface area contributed by atoms with E-state index in [1.54, 1.807) is 7.11 Å². The van der Waals surface area contributed by atoms with E-state index in [4.69, 9.17) is 23.7 Å². The number of esters is 1. The van der Waals surface area contributed by atoms with Crippen molar-refractivity contribution in [1.29, 1.82) is 5.26 Å². The molecule has 14 heteroatoms. The first-order chi connectivity index (χ1) is 29.1.